The fourth-order valence-corrected chi connectivity index (χ4v) is 1.79. The number of nitriles is 1. The van der Waals surface area contributed by atoms with Crippen LogP contribution in [0.4, 0.5) is 5.69 Å². The molecule has 2 rings (SSSR count). The van der Waals surface area contributed by atoms with Gasteiger partial charge in [0.1, 0.15) is 6.07 Å². The van der Waals surface area contributed by atoms with E-state index in [0.29, 0.717) is 12.2 Å². The van der Waals surface area contributed by atoms with Crippen LogP contribution in [0, 0.1) is 11.3 Å². The summed E-state index contributed by atoms with van der Waals surface area (Å²) < 4.78 is 0. The molecule has 0 aliphatic heterocycles. The fraction of sp³-hybridized carbons (Fsp3) is 0.133. The predicted octanol–water partition coefficient (Wildman–Crippen LogP) is 1.77. The third-order valence-electron chi connectivity index (χ3n) is 2.85. The lowest BCUT2D eigenvalue weighted by atomic mass is 10.1. The number of likely N-dealkylation sites (N-methyl/N-ethyl adjacent to an activating group) is 1. The molecular weight excluding hydrogens is 266 g/mol. The highest BCUT2D eigenvalue weighted by Crippen LogP contribution is 2.16. The number of nitrogens with zero attached hydrogens (tertiary/aromatic N) is 2. The lowest BCUT2D eigenvalue weighted by molar-refractivity contribution is 0.101. The van der Waals surface area contributed by atoms with Gasteiger partial charge in [-0.3, -0.25) is 4.79 Å². The van der Waals surface area contributed by atoms with Gasteiger partial charge in [-0.2, -0.15) is 5.26 Å². The molecule has 106 valence electrons. The van der Waals surface area contributed by atoms with Crippen LogP contribution in [0.1, 0.15) is 21.9 Å². The van der Waals surface area contributed by atoms with Gasteiger partial charge in [0.2, 0.25) is 0 Å². The molecule has 0 fully saturated rings. The van der Waals surface area contributed by atoms with E-state index in [1.54, 1.807) is 12.1 Å². The van der Waals surface area contributed by atoms with Crippen molar-refractivity contribution >= 4 is 17.2 Å². The zero-order valence-corrected chi connectivity index (χ0v) is 11.6. The number of carbonyl (C=O) groups excluding carboxylic acids is 1. The monoisotopic (exact) mass is 281 g/mol. The quantitative estimate of drug-likeness (QED) is 0.778. The number of hydrogen-bond acceptors (Lipinski definition) is 4. The van der Waals surface area contributed by atoms with Crippen LogP contribution in [0.2, 0.25) is 0 Å². The van der Waals surface area contributed by atoms with Crippen LogP contribution in [0.3, 0.4) is 0 Å². The molecule has 21 heavy (non-hydrogen) atoms. The van der Waals surface area contributed by atoms with E-state index in [9.17, 15) is 4.79 Å². The van der Waals surface area contributed by atoms with E-state index in [0.717, 1.165) is 11.1 Å². The largest absolute Gasteiger partial charge is 0.339 e. The molecule has 0 radical (unpaired) electrons. The van der Waals surface area contributed by atoms with Crippen molar-refractivity contribution in [1.82, 2.24) is 15.3 Å². The van der Waals surface area contributed by atoms with Gasteiger partial charge in [-0.15, -0.1) is 0 Å². The smallest absolute Gasteiger partial charge is 0.291 e. The summed E-state index contributed by atoms with van der Waals surface area (Å²) in [5.74, 6) is -0.284. The van der Waals surface area contributed by atoms with Crippen molar-refractivity contribution in [3.8, 4) is 6.07 Å². The Morgan fingerprint density at radius 2 is 2.14 bits per heavy atom. The van der Waals surface area contributed by atoms with E-state index in [1.807, 2.05) is 25.2 Å². The summed E-state index contributed by atoms with van der Waals surface area (Å²) in [5, 5.41) is 14.4. The lowest BCUT2D eigenvalue weighted by Gasteiger charge is -2.07. The van der Waals surface area contributed by atoms with Crippen molar-refractivity contribution < 1.29 is 4.79 Å². The Hall–Kier alpha value is -2.91. The maximum Gasteiger partial charge on any atom is 0.291 e. The van der Waals surface area contributed by atoms with Gasteiger partial charge in [-0.25, -0.2) is 4.98 Å². The molecule has 1 heterocycles. The number of hydrogen-bond donors (Lipinski definition) is 3. The number of amides is 1. The van der Waals surface area contributed by atoms with Crippen LogP contribution in [0.15, 0.2) is 37.0 Å². The number of aromatic amines is 1. The molecule has 0 spiro atoms. The number of anilines is 1. The van der Waals surface area contributed by atoms with E-state index in [-0.39, 0.29) is 11.5 Å². The van der Waals surface area contributed by atoms with E-state index >= 15 is 0 Å². The van der Waals surface area contributed by atoms with Crippen molar-refractivity contribution in [2.24, 2.45) is 0 Å². The minimum absolute atomic E-state index is 0.107. The Bertz CT molecular complexity index is 694. The van der Waals surface area contributed by atoms with Crippen LogP contribution in [0.25, 0.3) is 5.57 Å². The molecule has 0 atom stereocenters. The van der Waals surface area contributed by atoms with Crippen LogP contribution < -0.4 is 10.6 Å². The van der Waals surface area contributed by atoms with Gasteiger partial charge in [0.25, 0.3) is 5.91 Å². The van der Waals surface area contributed by atoms with E-state index in [2.05, 4.69) is 27.2 Å². The summed E-state index contributed by atoms with van der Waals surface area (Å²) in [4.78, 5) is 18.4. The van der Waals surface area contributed by atoms with Gasteiger partial charge in [-0.05, 0) is 30.3 Å². The highest BCUT2D eigenvalue weighted by Gasteiger charge is 2.10. The maximum atomic E-state index is 11.9. The Labute approximate surface area is 122 Å². The Kier molecular flexibility index (Phi) is 4.49. The predicted molar refractivity (Wildman–Crippen MR) is 80.7 cm³/mol. The van der Waals surface area contributed by atoms with E-state index < -0.39 is 5.91 Å². The van der Waals surface area contributed by atoms with Crippen LogP contribution in [-0.4, -0.2) is 29.5 Å². The molecule has 0 saturated carbocycles. The highest BCUT2D eigenvalue weighted by molar-refractivity contribution is 6.01. The minimum Gasteiger partial charge on any atom is -0.339 e. The first-order chi connectivity index (χ1) is 10.1. The number of imidazole rings is 1. The minimum atomic E-state index is -0.390. The molecule has 1 aromatic heterocycles. The van der Waals surface area contributed by atoms with Crippen molar-refractivity contribution in [2.45, 2.75) is 0 Å². The molecule has 1 aromatic carbocycles. The molecule has 1 amide bonds. The highest BCUT2D eigenvalue weighted by atomic mass is 16.2. The topological polar surface area (TPSA) is 93.6 Å². The average molecular weight is 281 g/mol. The van der Waals surface area contributed by atoms with Gasteiger partial charge in [0.15, 0.2) is 11.5 Å². The molecule has 0 bridgehead atoms. The SMILES string of the molecule is C=C(CNC)c1ccc(NC(=O)c2nc(C#N)c[nH]2)cc1. The van der Waals surface area contributed by atoms with Crippen LogP contribution >= 0.6 is 0 Å². The number of benzene rings is 1. The first-order valence-corrected chi connectivity index (χ1v) is 6.33. The molecule has 6 heteroatoms. The second-order valence-corrected chi connectivity index (χ2v) is 4.41. The summed E-state index contributed by atoms with van der Waals surface area (Å²) in [6, 6.07) is 9.22. The number of carbonyl (C=O) groups is 1. The second-order valence-electron chi connectivity index (χ2n) is 4.41. The van der Waals surface area contributed by atoms with Gasteiger partial charge < -0.3 is 15.6 Å². The van der Waals surface area contributed by atoms with E-state index in [4.69, 9.17) is 5.26 Å². The third kappa shape index (κ3) is 3.55. The summed E-state index contributed by atoms with van der Waals surface area (Å²) in [7, 11) is 1.86. The first kappa shape index (κ1) is 14.5. The number of nitrogens with one attached hydrogen (secondary N) is 3. The van der Waals surface area contributed by atoms with Gasteiger partial charge in [0.05, 0.1) is 0 Å². The molecular formula is C15H15N5O. The number of aromatic nitrogens is 2. The van der Waals surface area contributed by atoms with E-state index in [1.165, 1.54) is 6.20 Å². The molecule has 6 nitrogen and oxygen atoms in total. The second kappa shape index (κ2) is 6.50. The average Bonchev–Trinajstić information content (AvgIpc) is 2.97. The summed E-state index contributed by atoms with van der Waals surface area (Å²) in [5.41, 5.74) is 2.81. The van der Waals surface area contributed by atoms with Crippen LogP contribution in [0.5, 0.6) is 0 Å². The van der Waals surface area contributed by atoms with Crippen molar-refractivity contribution in [2.75, 3.05) is 18.9 Å². The Morgan fingerprint density at radius 3 is 2.71 bits per heavy atom. The summed E-state index contributed by atoms with van der Waals surface area (Å²) in [6.07, 6.45) is 1.39. The maximum absolute atomic E-state index is 11.9. The number of H-pyrrole nitrogens is 1. The zero-order valence-electron chi connectivity index (χ0n) is 11.6. The normalized spacial score (nSPS) is 9.90. The molecule has 3 N–H and O–H groups in total. The molecule has 0 saturated heterocycles. The van der Waals surface area contributed by atoms with Gasteiger partial charge >= 0.3 is 0 Å². The van der Waals surface area contributed by atoms with Gasteiger partial charge in [-0.1, -0.05) is 18.7 Å². The number of rotatable bonds is 5. The zero-order chi connectivity index (χ0) is 15.2. The lowest BCUT2D eigenvalue weighted by Crippen LogP contribution is -2.13. The van der Waals surface area contributed by atoms with Gasteiger partial charge in [0, 0.05) is 18.4 Å². The first-order valence-electron chi connectivity index (χ1n) is 6.33. The third-order valence-corrected chi connectivity index (χ3v) is 2.85. The van der Waals surface area contributed by atoms with Crippen LogP contribution in [-0.2, 0) is 0 Å². The molecule has 0 aliphatic rings. The molecule has 2 aromatic rings. The Balaban J connectivity index is 2.05. The summed E-state index contributed by atoms with van der Waals surface area (Å²) in [6.45, 7) is 4.67. The molecule has 0 unspecified atom stereocenters. The Morgan fingerprint density at radius 1 is 1.43 bits per heavy atom. The standard InChI is InChI=1S/C15H15N5O/c1-10(8-17-2)11-3-5-12(6-4-11)20-15(21)14-18-9-13(7-16)19-14/h3-6,9,17H,1,8H2,2H3,(H,18,19)(H,20,21). The summed E-state index contributed by atoms with van der Waals surface area (Å²) >= 11 is 0. The van der Waals surface area contributed by atoms with Crippen molar-refractivity contribution in [1.29, 1.82) is 5.26 Å². The molecule has 0 aliphatic carbocycles. The fourth-order valence-electron chi connectivity index (χ4n) is 1.79. The van der Waals surface area contributed by atoms with Crippen molar-refractivity contribution in [3.05, 3.63) is 54.1 Å². The van der Waals surface area contributed by atoms with Crippen molar-refractivity contribution in [3.63, 3.8) is 0 Å².